The smallest absolute Gasteiger partial charge is 0.270 e. The van der Waals surface area contributed by atoms with Crippen LogP contribution in [0.5, 0.6) is 0 Å². The van der Waals surface area contributed by atoms with Crippen molar-refractivity contribution in [3.63, 3.8) is 0 Å². The van der Waals surface area contributed by atoms with Gasteiger partial charge in [-0.15, -0.1) is 0 Å². The Kier molecular flexibility index (Phi) is 4.90. The number of nitrogens with zero attached hydrogens (tertiary/aromatic N) is 1. The first-order valence-corrected chi connectivity index (χ1v) is 8.04. The zero-order valence-electron chi connectivity index (χ0n) is 11.0. The van der Waals surface area contributed by atoms with E-state index in [9.17, 15) is 9.00 Å². The van der Waals surface area contributed by atoms with Crippen LogP contribution in [0.2, 0.25) is 0 Å². The maximum Gasteiger partial charge on any atom is 0.270 e. The van der Waals surface area contributed by atoms with Crippen molar-refractivity contribution in [2.24, 2.45) is 0 Å². The summed E-state index contributed by atoms with van der Waals surface area (Å²) in [4.78, 5) is 16.3. The van der Waals surface area contributed by atoms with Crippen molar-refractivity contribution in [1.82, 2.24) is 10.3 Å². The average molecular weight is 281 g/mol. The van der Waals surface area contributed by atoms with E-state index in [2.05, 4.69) is 15.6 Å². The van der Waals surface area contributed by atoms with Gasteiger partial charge in [0.1, 0.15) is 11.5 Å². The summed E-state index contributed by atoms with van der Waals surface area (Å²) < 4.78 is 11.3. The van der Waals surface area contributed by atoms with Gasteiger partial charge in [-0.2, -0.15) is 0 Å². The summed E-state index contributed by atoms with van der Waals surface area (Å²) in [7, 11) is -0.703. The molecule has 1 aliphatic rings. The van der Waals surface area contributed by atoms with Crippen LogP contribution in [-0.4, -0.2) is 39.2 Å². The van der Waals surface area contributed by atoms with Gasteiger partial charge in [-0.25, -0.2) is 4.98 Å². The molecule has 5 nitrogen and oxygen atoms in total. The van der Waals surface area contributed by atoms with Crippen molar-refractivity contribution in [3.05, 3.63) is 23.9 Å². The van der Waals surface area contributed by atoms with Gasteiger partial charge in [-0.05, 0) is 31.9 Å². The molecule has 0 aliphatic carbocycles. The molecule has 1 aromatic heterocycles. The first kappa shape index (κ1) is 14.0. The lowest BCUT2D eigenvalue weighted by molar-refractivity contribution is 0.0929. The molecule has 1 saturated heterocycles. The maximum absolute atomic E-state index is 12.1. The van der Waals surface area contributed by atoms with Crippen LogP contribution >= 0.6 is 0 Å². The van der Waals surface area contributed by atoms with E-state index in [4.69, 9.17) is 0 Å². The highest BCUT2D eigenvalue weighted by molar-refractivity contribution is 7.85. The van der Waals surface area contributed by atoms with Gasteiger partial charge in [0.15, 0.2) is 0 Å². The minimum absolute atomic E-state index is 0.120. The average Bonchev–Trinajstić information content (AvgIpc) is 2.42. The molecule has 1 amide bonds. The number of nitrogens with one attached hydrogen (secondary N) is 2. The normalized spacial score (nSPS) is 22.8. The maximum atomic E-state index is 12.1. The van der Waals surface area contributed by atoms with Crippen molar-refractivity contribution >= 4 is 22.5 Å². The van der Waals surface area contributed by atoms with E-state index in [1.807, 2.05) is 19.1 Å². The molecule has 2 N–H and O–H groups in total. The summed E-state index contributed by atoms with van der Waals surface area (Å²) >= 11 is 0. The van der Waals surface area contributed by atoms with Crippen LogP contribution in [0.4, 0.5) is 5.82 Å². The number of pyridine rings is 1. The fourth-order valence-electron chi connectivity index (χ4n) is 2.04. The van der Waals surface area contributed by atoms with Crippen molar-refractivity contribution in [3.8, 4) is 0 Å². The Morgan fingerprint density at radius 1 is 1.42 bits per heavy atom. The molecule has 2 heterocycles. The zero-order chi connectivity index (χ0) is 13.7. The molecule has 0 bridgehead atoms. The second kappa shape index (κ2) is 6.65. The highest BCUT2D eigenvalue weighted by atomic mass is 32.2. The fourth-order valence-corrected chi connectivity index (χ4v) is 3.34. The quantitative estimate of drug-likeness (QED) is 0.868. The third-order valence-electron chi connectivity index (χ3n) is 3.06. The molecule has 19 heavy (non-hydrogen) atoms. The Bertz CT molecular complexity index is 469. The highest BCUT2D eigenvalue weighted by Crippen LogP contribution is 2.10. The van der Waals surface area contributed by atoms with Gasteiger partial charge < -0.3 is 10.6 Å². The molecule has 0 spiro atoms. The van der Waals surface area contributed by atoms with E-state index in [0.717, 1.165) is 19.4 Å². The molecule has 0 unspecified atom stereocenters. The van der Waals surface area contributed by atoms with E-state index in [1.54, 1.807) is 6.07 Å². The van der Waals surface area contributed by atoms with Gasteiger partial charge in [-0.3, -0.25) is 9.00 Å². The largest absolute Gasteiger partial charge is 0.370 e. The first-order chi connectivity index (χ1) is 9.19. The third-order valence-corrected chi connectivity index (χ3v) is 4.44. The van der Waals surface area contributed by atoms with Gasteiger partial charge in [0, 0.05) is 34.9 Å². The van der Waals surface area contributed by atoms with Gasteiger partial charge >= 0.3 is 0 Å². The second-order valence-electron chi connectivity index (χ2n) is 4.53. The predicted octanol–water partition coefficient (Wildman–Crippen LogP) is 1.15. The van der Waals surface area contributed by atoms with Gasteiger partial charge in [-0.1, -0.05) is 6.07 Å². The van der Waals surface area contributed by atoms with Crippen LogP contribution in [0.15, 0.2) is 18.2 Å². The number of anilines is 1. The molecule has 1 aliphatic heterocycles. The Morgan fingerprint density at radius 3 is 2.84 bits per heavy atom. The Balaban J connectivity index is 1.95. The molecule has 2 rings (SSSR count). The highest BCUT2D eigenvalue weighted by Gasteiger charge is 2.20. The van der Waals surface area contributed by atoms with Crippen molar-refractivity contribution in [2.75, 3.05) is 23.4 Å². The topological polar surface area (TPSA) is 71.1 Å². The van der Waals surface area contributed by atoms with Crippen molar-refractivity contribution in [1.29, 1.82) is 0 Å². The third kappa shape index (κ3) is 4.02. The summed E-state index contributed by atoms with van der Waals surface area (Å²) in [6.07, 6.45) is 1.57. The molecule has 0 saturated carbocycles. The molecular formula is C13H19N3O2S. The summed E-state index contributed by atoms with van der Waals surface area (Å²) in [6.45, 7) is 2.75. The van der Waals surface area contributed by atoms with E-state index in [1.165, 1.54) is 0 Å². The molecule has 0 atom stereocenters. The number of carbonyl (C=O) groups is 1. The standard InChI is InChI=1S/C13H19N3O2S/c1-2-14-12-5-3-4-11(16-12)13(17)15-10-6-8-19(18)9-7-10/h3-5,10H,2,6-9H2,1H3,(H,14,16)(H,15,17). The molecule has 6 heteroatoms. The number of hydrogen-bond acceptors (Lipinski definition) is 4. The van der Waals surface area contributed by atoms with Crippen molar-refractivity contribution < 1.29 is 9.00 Å². The summed E-state index contributed by atoms with van der Waals surface area (Å²) in [5.41, 5.74) is 0.421. The van der Waals surface area contributed by atoms with Crippen LogP contribution in [0.25, 0.3) is 0 Å². The number of amides is 1. The number of carbonyl (C=O) groups excluding carboxylic acids is 1. The monoisotopic (exact) mass is 281 g/mol. The van der Waals surface area contributed by atoms with Crippen molar-refractivity contribution in [2.45, 2.75) is 25.8 Å². The zero-order valence-corrected chi connectivity index (χ0v) is 11.8. The number of aromatic nitrogens is 1. The molecular weight excluding hydrogens is 262 g/mol. The number of hydrogen-bond donors (Lipinski definition) is 2. The SMILES string of the molecule is CCNc1cccc(C(=O)NC2CCS(=O)CC2)n1. The Morgan fingerprint density at radius 2 is 2.16 bits per heavy atom. The molecule has 0 aromatic carbocycles. The minimum atomic E-state index is -0.703. The fraction of sp³-hybridized carbons (Fsp3) is 0.538. The molecule has 104 valence electrons. The van der Waals surface area contributed by atoms with Crippen LogP contribution in [-0.2, 0) is 10.8 Å². The lowest BCUT2D eigenvalue weighted by Gasteiger charge is -2.22. The lowest BCUT2D eigenvalue weighted by atomic mass is 10.1. The van der Waals surface area contributed by atoms with Crippen LogP contribution in [0, 0.1) is 0 Å². The number of rotatable bonds is 4. The van der Waals surface area contributed by atoms with Crippen LogP contribution in [0.1, 0.15) is 30.3 Å². The Hall–Kier alpha value is -1.43. The van der Waals surface area contributed by atoms with Crippen LogP contribution in [0.3, 0.4) is 0 Å². The van der Waals surface area contributed by atoms with E-state index >= 15 is 0 Å². The Labute approximate surface area is 115 Å². The van der Waals surface area contributed by atoms with Gasteiger partial charge in [0.05, 0.1) is 0 Å². The second-order valence-corrected chi connectivity index (χ2v) is 6.23. The van der Waals surface area contributed by atoms with E-state index in [-0.39, 0.29) is 11.9 Å². The first-order valence-electron chi connectivity index (χ1n) is 6.56. The predicted molar refractivity (Wildman–Crippen MR) is 76.8 cm³/mol. The minimum Gasteiger partial charge on any atom is -0.370 e. The molecule has 1 aromatic rings. The summed E-state index contributed by atoms with van der Waals surface area (Å²) in [6, 6.07) is 5.48. The molecule has 1 fully saturated rings. The lowest BCUT2D eigenvalue weighted by Crippen LogP contribution is -2.39. The summed E-state index contributed by atoms with van der Waals surface area (Å²) in [5, 5.41) is 6.04. The van der Waals surface area contributed by atoms with E-state index in [0.29, 0.717) is 23.0 Å². The van der Waals surface area contributed by atoms with Gasteiger partial charge in [0.25, 0.3) is 5.91 Å². The van der Waals surface area contributed by atoms with Gasteiger partial charge in [0.2, 0.25) is 0 Å². The molecule has 0 radical (unpaired) electrons. The summed E-state index contributed by atoms with van der Waals surface area (Å²) in [5.74, 6) is 1.91. The van der Waals surface area contributed by atoms with Crippen LogP contribution < -0.4 is 10.6 Å². The van der Waals surface area contributed by atoms with E-state index < -0.39 is 10.8 Å².